The van der Waals surface area contributed by atoms with E-state index < -0.39 is 28.9 Å². The van der Waals surface area contributed by atoms with Gasteiger partial charge in [-0.25, -0.2) is 18.2 Å². The van der Waals surface area contributed by atoms with Gasteiger partial charge in [-0.3, -0.25) is 4.79 Å². The number of carbonyl (C=O) groups excluding carboxylic acids is 1. The second-order valence-electron chi connectivity index (χ2n) is 10.4. The molecule has 210 valence electrons. The number of thiophene rings is 1. The molecule has 0 aliphatic heterocycles. The number of carbonyl (C=O) groups is 1. The van der Waals surface area contributed by atoms with Crippen molar-refractivity contribution in [1.29, 1.82) is 0 Å². The van der Waals surface area contributed by atoms with Crippen LogP contribution in [0.15, 0.2) is 59.7 Å². The van der Waals surface area contributed by atoms with Gasteiger partial charge in [0, 0.05) is 30.5 Å². The van der Waals surface area contributed by atoms with E-state index in [9.17, 15) is 18.7 Å². The molecule has 1 heterocycles. The van der Waals surface area contributed by atoms with E-state index in [0.29, 0.717) is 35.0 Å². The smallest absolute Gasteiger partial charge is 0.248 e. The van der Waals surface area contributed by atoms with Crippen molar-refractivity contribution in [2.45, 2.75) is 52.5 Å². The zero-order chi connectivity index (χ0) is 28.8. The van der Waals surface area contributed by atoms with E-state index in [1.165, 1.54) is 46.7 Å². The van der Waals surface area contributed by atoms with Crippen LogP contribution in [0.5, 0.6) is 0 Å². The van der Waals surface area contributed by atoms with Crippen LogP contribution >= 0.6 is 22.9 Å². The number of anilines is 1. The molecule has 1 aromatic heterocycles. The van der Waals surface area contributed by atoms with Crippen LogP contribution in [0.25, 0.3) is 0 Å². The van der Waals surface area contributed by atoms with Crippen molar-refractivity contribution in [2.75, 3.05) is 18.2 Å². The highest BCUT2D eigenvalue weighted by molar-refractivity contribution is 7.16. The number of halogens is 4. The van der Waals surface area contributed by atoms with Crippen molar-refractivity contribution in [3.8, 4) is 0 Å². The molecule has 3 aromatic rings. The van der Waals surface area contributed by atoms with Crippen LogP contribution in [-0.2, 0) is 11.2 Å². The summed E-state index contributed by atoms with van der Waals surface area (Å²) in [6.45, 7) is 7.52. The molecule has 1 atom stereocenters. The summed E-state index contributed by atoms with van der Waals surface area (Å²) in [6, 6.07) is 12.2. The average molecular weight is 580 g/mol. The van der Waals surface area contributed by atoms with Crippen LogP contribution in [0.4, 0.5) is 18.9 Å². The van der Waals surface area contributed by atoms with E-state index in [4.69, 9.17) is 11.6 Å². The van der Waals surface area contributed by atoms with Crippen LogP contribution < -0.4 is 10.3 Å². The van der Waals surface area contributed by atoms with E-state index in [1.54, 1.807) is 26.0 Å². The maximum absolute atomic E-state index is 15.2. The highest BCUT2D eigenvalue weighted by Crippen LogP contribution is 2.34. The van der Waals surface area contributed by atoms with Gasteiger partial charge in [0.15, 0.2) is 5.82 Å². The van der Waals surface area contributed by atoms with E-state index in [1.807, 2.05) is 13.8 Å². The van der Waals surface area contributed by atoms with Crippen LogP contribution in [-0.4, -0.2) is 35.4 Å². The van der Waals surface area contributed by atoms with Crippen LogP contribution in [0.1, 0.15) is 51.0 Å². The topological polar surface area (TPSA) is 64.9 Å². The molecule has 0 spiro atoms. The van der Waals surface area contributed by atoms with Gasteiger partial charge in [0.1, 0.15) is 17.2 Å². The first-order valence-electron chi connectivity index (χ1n) is 12.5. The van der Waals surface area contributed by atoms with E-state index in [0.717, 1.165) is 17.0 Å². The number of hydrogen-bond donors (Lipinski definition) is 2. The Balaban J connectivity index is 2.07. The monoisotopic (exact) mass is 579 g/mol. The van der Waals surface area contributed by atoms with Crippen molar-refractivity contribution in [2.24, 2.45) is 10.5 Å². The molecule has 0 radical (unpaired) electrons. The van der Waals surface area contributed by atoms with Gasteiger partial charge in [-0.15, -0.1) is 11.3 Å². The number of rotatable bonds is 12. The molecular formula is C29H33ClF3N3O2S. The number of nitrogens with one attached hydrogen (secondary N) is 1. The molecule has 0 aliphatic carbocycles. The second kappa shape index (κ2) is 13.0. The third-order valence-electron chi connectivity index (χ3n) is 6.50. The second-order valence-corrected chi connectivity index (χ2v) is 12.2. The molecule has 2 N–H and O–H groups in total. The fraction of sp³-hybridized carbons (Fsp3) is 0.379. The SMILES string of the molecule is C/C(=N\N(c1ccc(F)cc1F)C(C)(Cc1ccc(Cl)s1)C(=O)NCCCC(C)(C)CO)c1ccc(F)cc1. The standard InChI is InChI=1S/C29H33ClF3N3O2S/c1-19(20-6-8-21(31)9-7-20)35-36(25-12-10-22(32)16-24(25)33)29(4,17-23-11-13-26(30)39-23)27(38)34-15-5-14-28(2,3)18-37/h6-13,16,37H,5,14-15,17-18H2,1-4H3,(H,34,38)/b35-19+. The predicted molar refractivity (Wildman–Crippen MR) is 152 cm³/mol. The van der Waals surface area contributed by atoms with Gasteiger partial charge < -0.3 is 10.4 Å². The molecule has 1 amide bonds. The van der Waals surface area contributed by atoms with Gasteiger partial charge in [0.25, 0.3) is 0 Å². The van der Waals surface area contributed by atoms with Crippen LogP contribution in [0.3, 0.4) is 0 Å². The molecule has 5 nitrogen and oxygen atoms in total. The zero-order valence-electron chi connectivity index (χ0n) is 22.4. The molecular weight excluding hydrogens is 547 g/mol. The molecule has 2 aromatic carbocycles. The fourth-order valence-corrected chi connectivity index (χ4v) is 5.29. The first-order chi connectivity index (χ1) is 18.3. The number of benzene rings is 2. The van der Waals surface area contributed by atoms with Gasteiger partial charge in [-0.05, 0) is 74.1 Å². The molecule has 1 unspecified atom stereocenters. The molecule has 0 saturated heterocycles. The number of nitrogens with zero attached hydrogens (tertiary/aromatic N) is 2. The summed E-state index contributed by atoms with van der Waals surface area (Å²) in [6.07, 6.45) is 1.41. The lowest BCUT2D eigenvalue weighted by Crippen LogP contribution is -2.57. The Morgan fingerprint density at radius 1 is 1.05 bits per heavy atom. The van der Waals surface area contributed by atoms with Gasteiger partial charge in [-0.2, -0.15) is 5.10 Å². The third kappa shape index (κ3) is 8.06. The average Bonchev–Trinajstić information content (AvgIpc) is 3.29. The summed E-state index contributed by atoms with van der Waals surface area (Å²) in [5.74, 6) is -2.50. The van der Waals surface area contributed by atoms with Crippen molar-refractivity contribution >= 4 is 40.2 Å². The van der Waals surface area contributed by atoms with Crippen molar-refractivity contribution in [1.82, 2.24) is 5.32 Å². The Hall–Kier alpha value is -2.88. The lowest BCUT2D eigenvalue weighted by atomic mass is 9.89. The highest BCUT2D eigenvalue weighted by atomic mass is 35.5. The lowest BCUT2D eigenvalue weighted by Gasteiger charge is -2.38. The molecule has 10 heteroatoms. The quantitative estimate of drug-likeness (QED) is 0.138. The van der Waals surface area contributed by atoms with Gasteiger partial charge in [0.05, 0.1) is 15.7 Å². The normalized spacial score (nSPS) is 13.7. The van der Waals surface area contributed by atoms with Gasteiger partial charge in [0.2, 0.25) is 5.91 Å². The molecule has 39 heavy (non-hydrogen) atoms. The summed E-state index contributed by atoms with van der Waals surface area (Å²) in [4.78, 5) is 14.6. The maximum Gasteiger partial charge on any atom is 0.248 e. The minimum absolute atomic E-state index is 0.0206. The zero-order valence-corrected chi connectivity index (χ0v) is 24.0. The van der Waals surface area contributed by atoms with Gasteiger partial charge >= 0.3 is 0 Å². The van der Waals surface area contributed by atoms with Crippen molar-refractivity contribution < 1.29 is 23.1 Å². The Bertz CT molecular complexity index is 1310. The molecule has 0 fully saturated rings. The Morgan fingerprint density at radius 3 is 2.31 bits per heavy atom. The summed E-state index contributed by atoms with van der Waals surface area (Å²) >= 11 is 7.46. The maximum atomic E-state index is 15.2. The molecule has 0 aliphatic rings. The van der Waals surface area contributed by atoms with Crippen LogP contribution in [0, 0.1) is 22.9 Å². The largest absolute Gasteiger partial charge is 0.396 e. The Kier molecular flexibility index (Phi) is 10.2. The molecule has 0 bridgehead atoms. The predicted octanol–water partition coefficient (Wildman–Crippen LogP) is 6.97. The first-order valence-corrected chi connectivity index (χ1v) is 13.7. The van der Waals surface area contributed by atoms with Crippen molar-refractivity contribution in [3.05, 3.63) is 86.8 Å². The van der Waals surface area contributed by atoms with E-state index in [2.05, 4.69) is 10.4 Å². The first kappa shape index (κ1) is 30.7. The molecule has 0 saturated carbocycles. The number of hydrazone groups is 1. The third-order valence-corrected chi connectivity index (χ3v) is 7.73. The van der Waals surface area contributed by atoms with E-state index in [-0.39, 0.29) is 24.1 Å². The summed E-state index contributed by atoms with van der Waals surface area (Å²) in [5, 5.41) is 18.4. The van der Waals surface area contributed by atoms with Gasteiger partial charge in [-0.1, -0.05) is 37.6 Å². The minimum atomic E-state index is -1.47. The fourth-order valence-electron chi connectivity index (χ4n) is 4.06. The highest BCUT2D eigenvalue weighted by Gasteiger charge is 2.42. The number of aliphatic hydroxyl groups is 1. The minimum Gasteiger partial charge on any atom is -0.396 e. The number of hydrogen-bond acceptors (Lipinski definition) is 5. The molecule has 3 rings (SSSR count). The summed E-state index contributed by atoms with van der Waals surface area (Å²) in [7, 11) is 0. The summed E-state index contributed by atoms with van der Waals surface area (Å²) < 4.78 is 43.2. The van der Waals surface area contributed by atoms with E-state index >= 15 is 4.39 Å². The Morgan fingerprint density at radius 2 is 1.72 bits per heavy atom. The van der Waals surface area contributed by atoms with Crippen molar-refractivity contribution in [3.63, 3.8) is 0 Å². The number of amides is 1. The Labute approximate surface area is 236 Å². The summed E-state index contributed by atoms with van der Waals surface area (Å²) in [5.41, 5.74) is -0.897. The number of aliphatic hydroxyl groups excluding tert-OH is 1. The van der Waals surface area contributed by atoms with Crippen LogP contribution in [0.2, 0.25) is 4.34 Å². The lowest BCUT2D eigenvalue weighted by molar-refractivity contribution is -0.126.